The topological polar surface area (TPSA) is 29.1 Å². The van der Waals surface area contributed by atoms with E-state index in [2.05, 4.69) is 12.2 Å². The van der Waals surface area contributed by atoms with Crippen LogP contribution >= 0.6 is 0 Å². The number of carbonyl (C=O) groups excluding carboxylic acids is 1. The minimum atomic E-state index is 0.569. The highest BCUT2D eigenvalue weighted by Crippen LogP contribution is 1.84. The summed E-state index contributed by atoms with van der Waals surface area (Å²) in [5, 5.41) is 3.24. The summed E-state index contributed by atoms with van der Waals surface area (Å²) in [6.07, 6.45) is 5.82. The van der Waals surface area contributed by atoms with Crippen LogP contribution in [0, 0.1) is 0 Å². The first-order valence-electron chi connectivity index (χ1n) is 3.97. The SMILES string of the molecule is CCCCNCCC[C]=O. The number of rotatable bonds is 7. The molecule has 0 aliphatic heterocycles. The molecule has 1 N–H and O–H groups in total. The van der Waals surface area contributed by atoms with Crippen LogP contribution < -0.4 is 5.32 Å². The van der Waals surface area contributed by atoms with Crippen molar-refractivity contribution in [2.45, 2.75) is 32.6 Å². The Labute approximate surface area is 63.0 Å². The van der Waals surface area contributed by atoms with Gasteiger partial charge in [0.15, 0.2) is 6.29 Å². The van der Waals surface area contributed by atoms with Gasteiger partial charge in [0, 0.05) is 6.42 Å². The molecular weight excluding hydrogens is 126 g/mol. The average molecular weight is 142 g/mol. The maximum absolute atomic E-state index is 9.74. The molecule has 0 saturated carbocycles. The van der Waals surface area contributed by atoms with E-state index in [-0.39, 0.29) is 0 Å². The fourth-order valence-corrected chi connectivity index (χ4v) is 0.712. The molecule has 0 aromatic carbocycles. The van der Waals surface area contributed by atoms with Gasteiger partial charge >= 0.3 is 0 Å². The molecule has 0 aromatic rings. The molecular formula is C8H16NO. The van der Waals surface area contributed by atoms with Crippen molar-refractivity contribution in [1.29, 1.82) is 0 Å². The summed E-state index contributed by atoms with van der Waals surface area (Å²) in [6.45, 7) is 4.20. The van der Waals surface area contributed by atoms with E-state index in [0.29, 0.717) is 6.42 Å². The minimum absolute atomic E-state index is 0.569. The van der Waals surface area contributed by atoms with E-state index in [1.165, 1.54) is 12.8 Å². The summed E-state index contributed by atoms with van der Waals surface area (Å²) in [5.41, 5.74) is 0. The van der Waals surface area contributed by atoms with Crippen molar-refractivity contribution in [3.63, 3.8) is 0 Å². The van der Waals surface area contributed by atoms with Crippen molar-refractivity contribution >= 4 is 6.29 Å². The third-order valence-corrected chi connectivity index (χ3v) is 1.34. The Morgan fingerprint density at radius 1 is 1.30 bits per heavy atom. The first kappa shape index (κ1) is 9.63. The fraction of sp³-hybridized carbons (Fsp3) is 0.875. The van der Waals surface area contributed by atoms with Crippen LogP contribution in [0.3, 0.4) is 0 Å². The Morgan fingerprint density at radius 3 is 2.60 bits per heavy atom. The molecule has 0 heterocycles. The second-order valence-electron chi connectivity index (χ2n) is 2.35. The van der Waals surface area contributed by atoms with Crippen molar-refractivity contribution in [1.82, 2.24) is 5.32 Å². The quantitative estimate of drug-likeness (QED) is 0.542. The van der Waals surface area contributed by atoms with Crippen molar-refractivity contribution < 1.29 is 4.79 Å². The molecule has 0 saturated heterocycles. The molecule has 0 amide bonds. The molecule has 0 rings (SSSR count). The zero-order valence-electron chi connectivity index (χ0n) is 6.65. The summed E-state index contributed by atoms with van der Waals surface area (Å²) < 4.78 is 0. The third-order valence-electron chi connectivity index (χ3n) is 1.34. The lowest BCUT2D eigenvalue weighted by atomic mass is 10.3. The van der Waals surface area contributed by atoms with Crippen molar-refractivity contribution in [3.05, 3.63) is 0 Å². The van der Waals surface area contributed by atoms with E-state index < -0.39 is 0 Å². The Kier molecular flexibility index (Phi) is 8.31. The first-order valence-corrected chi connectivity index (χ1v) is 3.97. The largest absolute Gasteiger partial charge is 0.317 e. The highest BCUT2D eigenvalue weighted by molar-refractivity contribution is 5.50. The molecule has 0 bridgehead atoms. The second kappa shape index (κ2) is 8.63. The highest BCUT2D eigenvalue weighted by atomic mass is 16.1. The lowest BCUT2D eigenvalue weighted by Gasteiger charge is -1.99. The second-order valence-corrected chi connectivity index (χ2v) is 2.35. The predicted molar refractivity (Wildman–Crippen MR) is 42.7 cm³/mol. The van der Waals surface area contributed by atoms with Crippen LogP contribution in [0.15, 0.2) is 0 Å². The van der Waals surface area contributed by atoms with Gasteiger partial charge in [-0.15, -0.1) is 0 Å². The first-order chi connectivity index (χ1) is 4.91. The summed E-state index contributed by atoms with van der Waals surface area (Å²) >= 11 is 0. The highest BCUT2D eigenvalue weighted by Gasteiger charge is 1.86. The van der Waals surface area contributed by atoms with E-state index in [9.17, 15) is 4.79 Å². The van der Waals surface area contributed by atoms with Gasteiger partial charge < -0.3 is 5.32 Å². The number of nitrogens with one attached hydrogen (secondary N) is 1. The molecule has 0 aromatic heterocycles. The summed E-state index contributed by atoms with van der Waals surface area (Å²) in [7, 11) is 0. The van der Waals surface area contributed by atoms with Gasteiger partial charge in [-0.2, -0.15) is 0 Å². The van der Waals surface area contributed by atoms with Gasteiger partial charge in [0.25, 0.3) is 0 Å². The standard InChI is InChI=1S/C8H16NO/c1-2-3-6-9-7-4-5-8-10/h9H,2-7H2,1H3. The lowest BCUT2D eigenvalue weighted by Crippen LogP contribution is -2.16. The van der Waals surface area contributed by atoms with E-state index in [0.717, 1.165) is 19.5 Å². The Bertz CT molecular complexity index is 73.7. The van der Waals surface area contributed by atoms with E-state index in [4.69, 9.17) is 0 Å². The molecule has 0 spiro atoms. The zero-order valence-corrected chi connectivity index (χ0v) is 6.65. The minimum Gasteiger partial charge on any atom is -0.317 e. The summed E-state index contributed by atoms with van der Waals surface area (Å²) in [6, 6.07) is 0. The zero-order chi connectivity index (χ0) is 7.66. The van der Waals surface area contributed by atoms with Gasteiger partial charge in [-0.3, -0.25) is 4.79 Å². The van der Waals surface area contributed by atoms with Crippen LogP contribution in [0.2, 0.25) is 0 Å². The van der Waals surface area contributed by atoms with Crippen molar-refractivity contribution in [3.8, 4) is 0 Å². The van der Waals surface area contributed by atoms with E-state index >= 15 is 0 Å². The monoisotopic (exact) mass is 142 g/mol. The van der Waals surface area contributed by atoms with Gasteiger partial charge in [-0.1, -0.05) is 13.3 Å². The van der Waals surface area contributed by atoms with Gasteiger partial charge in [-0.05, 0) is 25.9 Å². The molecule has 10 heavy (non-hydrogen) atoms. The Hall–Kier alpha value is -0.370. The molecule has 1 radical (unpaired) electrons. The van der Waals surface area contributed by atoms with Gasteiger partial charge in [0.05, 0.1) is 0 Å². The van der Waals surface area contributed by atoms with Gasteiger partial charge in [0.1, 0.15) is 0 Å². The van der Waals surface area contributed by atoms with Crippen LogP contribution in [0.5, 0.6) is 0 Å². The Balaban J connectivity index is 2.70. The third kappa shape index (κ3) is 7.63. The molecule has 0 atom stereocenters. The number of unbranched alkanes of at least 4 members (excludes halogenated alkanes) is 2. The summed E-state index contributed by atoms with van der Waals surface area (Å²) in [4.78, 5) is 9.74. The molecule has 59 valence electrons. The van der Waals surface area contributed by atoms with E-state index in [1.54, 1.807) is 0 Å². The normalized spacial score (nSPS) is 9.70. The molecule has 0 unspecified atom stereocenters. The van der Waals surface area contributed by atoms with Crippen LogP contribution in [-0.2, 0) is 4.79 Å². The lowest BCUT2D eigenvalue weighted by molar-refractivity contribution is 0.544. The maximum Gasteiger partial charge on any atom is 0.198 e. The maximum atomic E-state index is 9.74. The number of hydrogen-bond acceptors (Lipinski definition) is 2. The average Bonchev–Trinajstić information content (AvgIpc) is 1.97. The van der Waals surface area contributed by atoms with Gasteiger partial charge in [-0.25, -0.2) is 0 Å². The van der Waals surface area contributed by atoms with Crippen molar-refractivity contribution in [2.75, 3.05) is 13.1 Å². The molecule has 2 heteroatoms. The number of hydrogen-bond donors (Lipinski definition) is 1. The summed E-state index contributed by atoms with van der Waals surface area (Å²) in [5.74, 6) is 0. The van der Waals surface area contributed by atoms with E-state index in [1.807, 2.05) is 6.29 Å². The molecule has 0 aliphatic carbocycles. The smallest absolute Gasteiger partial charge is 0.198 e. The van der Waals surface area contributed by atoms with Crippen molar-refractivity contribution in [2.24, 2.45) is 0 Å². The van der Waals surface area contributed by atoms with Gasteiger partial charge in [0.2, 0.25) is 0 Å². The van der Waals surface area contributed by atoms with Crippen LogP contribution in [0.4, 0.5) is 0 Å². The van der Waals surface area contributed by atoms with Crippen LogP contribution in [0.25, 0.3) is 0 Å². The van der Waals surface area contributed by atoms with Crippen LogP contribution in [-0.4, -0.2) is 19.4 Å². The molecule has 0 fully saturated rings. The molecule has 2 nitrogen and oxygen atoms in total. The molecule has 0 aliphatic rings. The fourth-order valence-electron chi connectivity index (χ4n) is 0.712. The Morgan fingerprint density at radius 2 is 2.00 bits per heavy atom. The van der Waals surface area contributed by atoms with Crippen LogP contribution in [0.1, 0.15) is 32.6 Å². The predicted octanol–water partition coefficient (Wildman–Crippen LogP) is 1.27.